The number of likely N-dealkylation sites (tertiary alicyclic amines) is 1. The molecule has 0 saturated carbocycles. The molecule has 7 heteroatoms. The van der Waals surface area contributed by atoms with Crippen molar-refractivity contribution in [3.63, 3.8) is 0 Å². The Morgan fingerprint density at radius 3 is 2.50 bits per heavy atom. The van der Waals surface area contributed by atoms with Gasteiger partial charge in [0.25, 0.3) is 5.91 Å². The summed E-state index contributed by atoms with van der Waals surface area (Å²) in [4.78, 5) is 32.7. The van der Waals surface area contributed by atoms with Gasteiger partial charge >= 0.3 is 0 Å². The number of anilines is 2. The first-order chi connectivity index (χ1) is 13.7. The molecule has 0 aliphatic carbocycles. The van der Waals surface area contributed by atoms with Crippen molar-refractivity contribution < 1.29 is 14.3 Å². The molecule has 3 heterocycles. The van der Waals surface area contributed by atoms with E-state index in [1.54, 1.807) is 18.3 Å². The molecule has 2 saturated heterocycles. The fourth-order valence-electron chi connectivity index (χ4n) is 3.50. The van der Waals surface area contributed by atoms with Crippen molar-refractivity contribution in [2.45, 2.75) is 19.4 Å². The maximum Gasteiger partial charge on any atom is 0.255 e. The SMILES string of the molecule is O=C(Nc1ccc(N2CCOCC2)nc1)c1ccc(CN2CCCC2=O)cc1. The molecule has 146 valence electrons. The lowest BCUT2D eigenvalue weighted by atomic mass is 10.1. The number of nitrogens with one attached hydrogen (secondary N) is 1. The molecular weight excluding hydrogens is 356 g/mol. The standard InChI is InChI=1S/C21H24N4O3/c26-20-2-1-9-25(20)15-16-3-5-17(6-4-16)21(27)23-18-7-8-19(22-14-18)24-10-12-28-13-11-24/h3-8,14H,1-2,9-13,15H2,(H,23,27). The van der Waals surface area contributed by atoms with E-state index >= 15 is 0 Å². The first kappa shape index (κ1) is 18.4. The number of morpholine rings is 1. The second kappa shape index (κ2) is 8.39. The number of nitrogens with zero attached hydrogens (tertiary/aromatic N) is 3. The Kier molecular flexibility index (Phi) is 5.53. The summed E-state index contributed by atoms with van der Waals surface area (Å²) in [5.74, 6) is 0.918. The summed E-state index contributed by atoms with van der Waals surface area (Å²) < 4.78 is 5.35. The van der Waals surface area contributed by atoms with E-state index in [0.717, 1.165) is 37.4 Å². The van der Waals surface area contributed by atoms with Crippen LogP contribution in [-0.4, -0.2) is 54.5 Å². The Hall–Kier alpha value is -2.93. The molecule has 2 aliphatic rings. The molecule has 2 aromatic rings. The number of pyridine rings is 1. The number of benzene rings is 1. The van der Waals surface area contributed by atoms with Crippen molar-refractivity contribution in [1.29, 1.82) is 0 Å². The van der Waals surface area contributed by atoms with Crippen LogP contribution in [0.4, 0.5) is 11.5 Å². The van der Waals surface area contributed by atoms with Gasteiger partial charge in [0.05, 0.1) is 25.1 Å². The van der Waals surface area contributed by atoms with Crippen LogP contribution in [-0.2, 0) is 16.1 Å². The zero-order chi connectivity index (χ0) is 19.3. The van der Waals surface area contributed by atoms with E-state index in [-0.39, 0.29) is 11.8 Å². The van der Waals surface area contributed by atoms with Crippen molar-refractivity contribution in [1.82, 2.24) is 9.88 Å². The summed E-state index contributed by atoms with van der Waals surface area (Å²) in [6.07, 6.45) is 3.24. The van der Waals surface area contributed by atoms with Crippen molar-refractivity contribution >= 4 is 23.3 Å². The Balaban J connectivity index is 1.34. The number of carbonyl (C=O) groups excluding carboxylic acids is 2. The highest BCUT2D eigenvalue weighted by Crippen LogP contribution is 2.17. The minimum absolute atomic E-state index is 0.176. The van der Waals surface area contributed by atoms with Gasteiger partial charge in [0.1, 0.15) is 5.82 Å². The third-order valence-electron chi connectivity index (χ3n) is 5.10. The van der Waals surface area contributed by atoms with Crippen molar-refractivity contribution in [2.24, 2.45) is 0 Å². The molecule has 1 N–H and O–H groups in total. The fraction of sp³-hybridized carbons (Fsp3) is 0.381. The normalized spacial score (nSPS) is 17.1. The highest BCUT2D eigenvalue weighted by molar-refractivity contribution is 6.04. The summed E-state index contributed by atoms with van der Waals surface area (Å²) in [6.45, 7) is 4.49. The monoisotopic (exact) mass is 380 g/mol. The summed E-state index contributed by atoms with van der Waals surface area (Å²) in [6, 6.07) is 11.2. The minimum Gasteiger partial charge on any atom is -0.378 e. The van der Waals surface area contributed by atoms with Crippen LogP contribution in [0.2, 0.25) is 0 Å². The van der Waals surface area contributed by atoms with Gasteiger partial charge in [-0.2, -0.15) is 0 Å². The quantitative estimate of drug-likeness (QED) is 0.862. The topological polar surface area (TPSA) is 74.8 Å². The molecule has 1 aromatic carbocycles. The summed E-state index contributed by atoms with van der Waals surface area (Å²) in [7, 11) is 0. The van der Waals surface area contributed by atoms with Gasteiger partial charge in [0.15, 0.2) is 0 Å². The number of rotatable bonds is 5. The average Bonchev–Trinajstić information content (AvgIpc) is 3.14. The average molecular weight is 380 g/mol. The number of carbonyl (C=O) groups is 2. The molecule has 2 aliphatic heterocycles. The van der Waals surface area contributed by atoms with Gasteiger partial charge in [-0.1, -0.05) is 12.1 Å². The summed E-state index contributed by atoms with van der Waals surface area (Å²) in [5.41, 5.74) is 2.27. The maximum absolute atomic E-state index is 12.5. The predicted octanol–water partition coefficient (Wildman–Crippen LogP) is 2.29. The molecule has 0 unspecified atom stereocenters. The smallest absolute Gasteiger partial charge is 0.255 e. The summed E-state index contributed by atoms with van der Waals surface area (Å²) in [5, 5.41) is 2.88. The van der Waals surface area contributed by atoms with Crippen molar-refractivity contribution in [2.75, 3.05) is 43.1 Å². The fourth-order valence-corrected chi connectivity index (χ4v) is 3.50. The minimum atomic E-state index is -0.176. The van der Waals surface area contributed by atoms with E-state index in [4.69, 9.17) is 4.74 Å². The second-order valence-electron chi connectivity index (χ2n) is 7.07. The first-order valence-corrected chi connectivity index (χ1v) is 9.66. The molecule has 7 nitrogen and oxygen atoms in total. The van der Waals surface area contributed by atoms with E-state index in [0.29, 0.717) is 37.4 Å². The number of hydrogen-bond donors (Lipinski definition) is 1. The van der Waals surface area contributed by atoms with Crippen molar-refractivity contribution in [3.05, 3.63) is 53.7 Å². The van der Waals surface area contributed by atoms with Crippen LogP contribution in [0.5, 0.6) is 0 Å². The molecule has 0 bridgehead atoms. The van der Waals surface area contributed by atoms with E-state index in [2.05, 4.69) is 15.2 Å². The third-order valence-corrected chi connectivity index (χ3v) is 5.10. The van der Waals surface area contributed by atoms with E-state index in [1.807, 2.05) is 29.2 Å². The van der Waals surface area contributed by atoms with Crippen LogP contribution in [0.25, 0.3) is 0 Å². The number of hydrogen-bond acceptors (Lipinski definition) is 5. The van der Waals surface area contributed by atoms with Gasteiger partial charge < -0.3 is 19.9 Å². The van der Waals surface area contributed by atoms with Crippen LogP contribution >= 0.6 is 0 Å². The molecular formula is C21H24N4O3. The van der Waals surface area contributed by atoms with Gasteiger partial charge in [-0.15, -0.1) is 0 Å². The lowest BCUT2D eigenvalue weighted by molar-refractivity contribution is -0.128. The highest BCUT2D eigenvalue weighted by atomic mass is 16.5. The van der Waals surface area contributed by atoms with Gasteiger partial charge in [-0.3, -0.25) is 9.59 Å². The van der Waals surface area contributed by atoms with Crippen LogP contribution < -0.4 is 10.2 Å². The van der Waals surface area contributed by atoms with E-state index in [9.17, 15) is 9.59 Å². The van der Waals surface area contributed by atoms with Crippen LogP contribution in [0.1, 0.15) is 28.8 Å². The Bertz CT molecular complexity index is 830. The zero-order valence-corrected chi connectivity index (χ0v) is 15.8. The zero-order valence-electron chi connectivity index (χ0n) is 15.8. The largest absolute Gasteiger partial charge is 0.378 e. The summed E-state index contributed by atoms with van der Waals surface area (Å²) >= 11 is 0. The van der Waals surface area contributed by atoms with Crippen LogP contribution in [0.3, 0.4) is 0 Å². The van der Waals surface area contributed by atoms with Crippen molar-refractivity contribution in [3.8, 4) is 0 Å². The molecule has 0 radical (unpaired) electrons. The van der Waals surface area contributed by atoms with Crippen LogP contribution in [0.15, 0.2) is 42.6 Å². The number of aromatic nitrogens is 1. The predicted molar refractivity (Wildman–Crippen MR) is 106 cm³/mol. The molecule has 1 aromatic heterocycles. The third kappa shape index (κ3) is 4.31. The van der Waals surface area contributed by atoms with Gasteiger partial charge in [-0.25, -0.2) is 4.98 Å². The highest BCUT2D eigenvalue weighted by Gasteiger charge is 2.20. The Morgan fingerprint density at radius 2 is 1.86 bits per heavy atom. The van der Waals surface area contributed by atoms with E-state index < -0.39 is 0 Å². The van der Waals surface area contributed by atoms with E-state index in [1.165, 1.54) is 0 Å². The first-order valence-electron chi connectivity index (χ1n) is 9.66. The molecule has 4 rings (SSSR count). The van der Waals surface area contributed by atoms with Gasteiger partial charge in [-0.05, 0) is 36.2 Å². The molecule has 0 atom stereocenters. The van der Waals surface area contributed by atoms with Gasteiger partial charge in [0.2, 0.25) is 5.91 Å². The van der Waals surface area contributed by atoms with Gasteiger partial charge in [0, 0.05) is 38.2 Å². The molecule has 2 amide bonds. The molecule has 0 spiro atoms. The lowest BCUT2D eigenvalue weighted by Gasteiger charge is -2.27. The van der Waals surface area contributed by atoms with Crippen LogP contribution in [0, 0.1) is 0 Å². The number of ether oxygens (including phenoxy) is 1. The Morgan fingerprint density at radius 1 is 1.07 bits per heavy atom. The lowest BCUT2D eigenvalue weighted by Crippen LogP contribution is -2.36. The number of amides is 2. The molecule has 2 fully saturated rings. The second-order valence-corrected chi connectivity index (χ2v) is 7.07. The Labute approximate surface area is 164 Å². The molecule has 28 heavy (non-hydrogen) atoms. The maximum atomic E-state index is 12.5.